The number of benzene rings is 2. The Labute approximate surface area is 254 Å². The van der Waals surface area contributed by atoms with E-state index in [0.29, 0.717) is 5.92 Å². The van der Waals surface area contributed by atoms with Crippen LogP contribution in [0.5, 0.6) is 0 Å². The minimum atomic E-state index is -2.28. The van der Waals surface area contributed by atoms with E-state index in [0.717, 1.165) is 6.42 Å². The molecule has 2 aromatic rings. The van der Waals surface area contributed by atoms with Gasteiger partial charge in [-0.15, -0.1) is 0 Å². The van der Waals surface area contributed by atoms with E-state index in [-0.39, 0.29) is 35.6 Å². The van der Waals surface area contributed by atoms with Crippen molar-refractivity contribution < 1.29 is 46.1 Å². The number of rotatable bonds is 3. The van der Waals surface area contributed by atoms with E-state index in [2.05, 4.69) is 125 Å². The Morgan fingerprint density at radius 3 is 1.87 bits per heavy atom. The van der Waals surface area contributed by atoms with Crippen LogP contribution in [0.1, 0.15) is 91.5 Å². The summed E-state index contributed by atoms with van der Waals surface area (Å²) in [5.41, 5.74) is 11.1. The van der Waals surface area contributed by atoms with Crippen molar-refractivity contribution in [2.45, 2.75) is 106 Å². The molecule has 0 saturated carbocycles. The van der Waals surface area contributed by atoms with Crippen LogP contribution in [0.3, 0.4) is 0 Å². The Morgan fingerprint density at radius 1 is 0.842 bits per heavy atom. The van der Waals surface area contributed by atoms with E-state index in [9.17, 15) is 0 Å². The molecule has 2 aliphatic rings. The Morgan fingerprint density at radius 2 is 1.39 bits per heavy atom. The van der Waals surface area contributed by atoms with Crippen LogP contribution in [0.4, 0.5) is 0 Å². The summed E-state index contributed by atoms with van der Waals surface area (Å²) in [6.45, 7) is 31.6. The van der Waals surface area contributed by atoms with Crippen molar-refractivity contribution in [3.63, 3.8) is 0 Å². The Hall–Kier alpha value is -0.530. The van der Waals surface area contributed by atoms with Gasteiger partial charge in [0.25, 0.3) is 0 Å². The molecule has 0 saturated heterocycles. The van der Waals surface area contributed by atoms with Crippen molar-refractivity contribution in [1.29, 1.82) is 0 Å². The van der Waals surface area contributed by atoms with Crippen molar-refractivity contribution >= 4 is 14.6 Å². The average molecular weight is 647 g/mol. The maximum absolute atomic E-state index is 2.66. The van der Waals surface area contributed by atoms with Crippen molar-refractivity contribution in [3.8, 4) is 11.1 Å². The quantitative estimate of drug-likeness (QED) is 0.384. The van der Waals surface area contributed by atoms with Gasteiger partial charge < -0.3 is 24.8 Å². The molecular formula is C34H48Cl2SiZr. The van der Waals surface area contributed by atoms with Gasteiger partial charge in [0, 0.05) is 0 Å². The molecule has 2 aliphatic carbocycles. The van der Waals surface area contributed by atoms with Gasteiger partial charge in [0.1, 0.15) is 0 Å². The third-order valence-electron chi connectivity index (χ3n) is 8.28. The van der Waals surface area contributed by atoms with Gasteiger partial charge in [-0.2, -0.15) is 0 Å². The molecule has 1 unspecified atom stereocenters. The first-order valence-electron chi connectivity index (χ1n) is 13.8. The zero-order chi connectivity index (χ0) is 27.0. The van der Waals surface area contributed by atoms with E-state index in [1.165, 1.54) is 27.8 Å². The van der Waals surface area contributed by atoms with Gasteiger partial charge in [0.2, 0.25) is 0 Å². The molecule has 38 heavy (non-hydrogen) atoms. The standard InChI is InChI=1S/C21H25.C10H17Si.C3H6.2ClH.Zr/c1-20(2,3)16-9-7-14-11-15-8-10-17(21(4,5)6)13-19(15)18(14)12-16;1-8-6-9(2)10(7-8)11(3,4)5;1-3-2;;;/h7,9-10,12-13H,11H2,1-6H3;7-8H,1-5H3;1-2H3;2*1H;/q;;;;;+2/p-2. The van der Waals surface area contributed by atoms with E-state index in [4.69, 9.17) is 0 Å². The first kappa shape index (κ1) is 33.7. The van der Waals surface area contributed by atoms with Gasteiger partial charge in [-0.25, -0.2) is 0 Å². The molecule has 1 atom stereocenters. The van der Waals surface area contributed by atoms with Crippen molar-refractivity contribution in [2.24, 2.45) is 5.92 Å². The third kappa shape index (κ3) is 6.20. The summed E-state index contributed by atoms with van der Waals surface area (Å²) in [6.07, 6.45) is 3.75. The maximum Gasteiger partial charge on any atom is -1.00 e. The van der Waals surface area contributed by atoms with Crippen LogP contribution >= 0.6 is 0 Å². The van der Waals surface area contributed by atoms with Gasteiger partial charge in [-0.3, -0.25) is 0 Å². The van der Waals surface area contributed by atoms with Crippen molar-refractivity contribution in [3.05, 3.63) is 72.7 Å². The smallest absolute Gasteiger partial charge is 1.00 e. The molecule has 0 nitrogen and oxygen atoms in total. The predicted octanol–water partition coefficient (Wildman–Crippen LogP) is 3.04. The third-order valence-corrected chi connectivity index (χ3v) is 18.7. The number of hydrogen-bond acceptors (Lipinski definition) is 0. The summed E-state index contributed by atoms with van der Waals surface area (Å²) in [5, 5.41) is 1.71. The minimum Gasteiger partial charge on any atom is -1.00 e. The average Bonchev–Trinajstić information content (AvgIpc) is 3.24. The van der Waals surface area contributed by atoms with Crippen molar-refractivity contribution in [2.75, 3.05) is 0 Å². The molecule has 206 valence electrons. The van der Waals surface area contributed by atoms with Gasteiger partial charge in [0.15, 0.2) is 0 Å². The predicted molar refractivity (Wildman–Crippen MR) is 161 cm³/mol. The number of allylic oxidation sites excluding steroid dienone is 4. The molecule has 0 radical (unpaired) electrons. The Bertz CT molecular complexity index is 1330. The molecule has 0 bridgehead atoms. The number of fused-ring (bicyclic) bond motifs is 3. The van der Waals surface area contributed by atoms with Crippen LogP contribution in [0.25, 0.3) is 11.1 Å². The molecule has 0 heterocycles. The van der Waals surface area contributed by atoms with Crippen LogP contribution in [0.2, 0.25) is 19.6 Å². The summed E-state index contributed by atoms with van der Waals surface area (Å²) in [6, 6.07) is 12.5. The maximum atomic E-state index is 2.66. The second kappa shape index (κ2) is 11.4. The van der Waals surface area contributed by atoms with Crippen LogP contribution < -0.4 is 28.1 Å². The molecule has 0 aromatic heterocycles. The zero-order valence-corrected chi connectivity index (χ0v) is 31.0. The summed E-state index contributed by atoms with van der Waals surface area (Å²) < 4.78 is 5.30. The fourth-order valence-electron chi connectivity index (χ4n) is 6.25. The normalized spacial score (nSPS) is 16.6. The Kier molecular flexibility index (Phi) is 10.1. The molecule has 0 N–H and O–H groups in total. The monoisotopic (exact) mass is 644 g/mol. The first-order valence-corrected chi connectivity index (χ1v) is 21.0. The Balaban J connectivity index is 0.00000253. The second-order valence-corrected chi connectivity index (χ2v) is 26.6. The van der Waals surface area contributed by atoms with Crippen LogP contribution in [-0.4, -0.2) is 11.3 Å². The minimum absolute atomic E-state index is 0. The largest absolute Gasteiger partial charge is 1.00 e. The molecule has 4 heteroatoms. The molecule has 0 amide bonds. The molecule has 0 fully saturated rings. The fraction of sp³-hybridized carbons (Fsp3) is 0.500. The molecule has 0 spiro atoms. The van der Waals surface area contributed by atoms with Crippen molar-refractivity contribution in [1.82, 2.24) is 0 Å². The van der Waals surface area contributed by atoms with E-state index >= 15 is 0 Å². The van der Waals surface area contributed by atoms with Gasteiger partial charge in [-0.1, -0.05) is 0 Å². The van der Waals surface area contributed by atoms with Crippen LogP contribution in [-0.2, 0) is 38.5 Å². The summed E-state index contributed by atoms with van der Waals surface area (Å²) in [5.74, 6) is 0.584. The summed E-state index contributed by atoms with van der Waals surface area (Å²) >= 11 is -2.28. The van der Waals surface area contributed by atoms with Gasteiger partial charge in [0.05, 0.1) is 0 Å². The molecule has 2 aromatic carbocycles. The van der Waals surface area contributed by atoms with Gasteiger partial charge in [-0.05, 0) is 0 Å². The molecule has 0 aliphatic heterocycles. The van der Waals surface area contributed by atoms with E-state index in [1.807, 2.05) is 3.28 Å². The van der Waals surface area contributed by atoms with E-state index in [1.54, 1.807) is 22.8 Å². The summed E-state index contributed by atoms with van der Waals surface area (Å²) in [7, 11) is -1.36. The topological polar surface area (TPSA) is 0 Å². The second-order valence-electron chi connectivity index (χ2n) is 14.6. The molecular weight excluding hydrogens is 599 g/mol. The zero-order valence-electron chi connectivity index (χ0n) is 26.0. The molecule has 4 rings (SSSR count). The fourth-order valence-corrected chi connectivity index (χ4v) is 16.5. The first-order chi connectivity index (χ1) is 16.4. The van der Waals surface area contributed by atoms with Crippen LogP contribution in [0.15, 0.2) is 50.5 Å². The number of halogens is 2. The van der Waals surface area contributed by atoms with Crippen LogP contribution in [0, 0.1) is 5.92 Å². The SMILES string of the molecule is CC1=[C]([Zr+2](=[C](C)C)[c]2cc(C(C)(C)C)cc3c2Cc2ccc(C(C)(C)C)cc2-3)C(C)C=C1[Si](C)(C)C.[Cl-].[Cl-]. The van der Waals surface area contributed by atoms with Gasteiger partial charge >= 0.3 is 232 Å². The summed E-state index contributed by atoms with van der Waals surface area (Å²) in [4.78, 5) is 0. The van der Waals surface area contributed by atoms with E-state index < -0.39 is 29.3 Å². The number of hydrogen-bond donors (Lipinski definition) is 0.